The van der Waals surface area contributed by atoms with Gasteiger partial charge < -0.3 is 4.74 Å². The first-order valence-electron chi connectivity index (χ1n) is 7.22. The molecule has 0 N–H and O–H groups in total. The van der Waals surface area contributed by atoms with Crippen molar-refractivity contribution < 1.29 is 4.74 Å². The van der Waals surface area contributed by atoms with Gasteiger partial charge in [0.1, 0.15) is 5.75 Å². The van der Waals surface area contributed by atoms with E-state index in [1.807, 2.05) is 6.07 Å². The second kappa shape index (κ2) is 6.23. The van der Waals surface area contributed by atoms with E-state index in [0.29, 0.717) is 0 Å². The average Bonchev–Trinajstić information content (AvgIpc) is 2.45. The lowest BCUT2D eigenvalue weighted by Crippen LogP contribution is -2.15. The van der Waals surface area contributed by atoms with Crippen molar-refractivity contribution in [1.82, 2.24) is 0 Å². The summed E-state index contributed by atoms with van der Waals surface area (Å²) in [6.07, 6.45) is 0. The number of halogens is 1. The molecule has 1 nitrogen and oxygen atoms in total. The third kappa shape index (κ3) is 3.49. The van der Waals surface area contributed by atoms with E-state index in [9.17, 15) is 0 Å². The number of rotatable bonds is 3. The molecule has 2 aromatic rings. The van der Waals surface area contributed by atoms with Gasteiger partial charge in [-0.1, -0.05) is 73.1 Å². The van der Waals surface area contributed by atoms with Gasteiger partial charge in [-0.2, -0.15) is 0 Å². The quantitative estimate of drug-likeness (QED) is 0.639. The van der Waals surface area contributed by atoms with Crippen molar-refractivity contribution in [2.45, 2.75) is 37.9 Å². The predicted molar refractivity (Wildman–Crippen MR) is 93.6 cm³/mol. The van der Waals surface area contributed by atoms with Crippen LogP contribution in [0.1, 0.15) is 47.9 Å². The van der Waals surface area contributed by atoms with E-state index >= 15 is 0 Å². The molecule has 1 atom stereocenters. The SMILES string of the molecule is COc1ccc(C(Br)c2ccccc2C(C)(C)C)cc1C. The molecule has 2 heteroatoms. The normalized spacial score (nSPS) is 13.0. The van der Waals surface area contributed by atoms with Crippen LogP contribution in [-0.4, -0.2) is 7.11 Å². The first kappa shape index (κ1) is 16.1. The summed E-state index contributed by atoms with van der Waals surface area (Å²) >= 11 is 3.88. The van der Waals surface area contributed by atoms with Gasteiger partial charge in [0, 0.05) is 0 Å². The molecule has 0 bridgehead atoms. The second-order valence-corrected chi connectivity index (χ2v) is 7.34. The van der Waals surface area contributed by atoms with Crippen molar-refractivity contribution in [3.63, 3.8) is 0 Å². The molecular weight excluding hydrogens is 324 g/mol. The van der Waals surface area contributed by atoms with E-state index < -0.39 is 0 Å². The largest absolute Gasteiger partial charge is 0.496 e. The molecule has 0 aromatic heterocycles. The van der Waals surface area contributed by atoms with E-state index in [2.05, 4.69) is 80.0 Å². The molecule has 0 spiro atoms. The molecule has 0 amide bonds. The van der Waals surface area contributed by atoms with Crippen LogP contribution in [0.5, 0.6) is 5.75 Å². The molecule has 112 valence electrons. The summed E-state index contributed by atoms with van der Waals surface area (Å²) in [7, 11) is 1.71. The highest BCUT2D eigenvalue weighted by atomic mass is 79.9. The van der Waals surface area contributed by atoms with Crippen LogP contribution < -0.4 is 4.74 Å². The van der Waals surface area contributed by atoms with Gasteiger partial charge in [0.2, 0.25) is 0 Å². The van der Waals surface area contributed by atoms with Gasteiger partial charge >= 0.3 is 0 Å². The highest BCUT2D eigenvalue weighted by Crippen LogP contribution is 2.38. The molecular formula is C19H23BrO. The Morgan fingerprint density at radius 3 is 2.29 bits per heavy atom. The lowest BCUT2D eigenvalue weighted by Gasteiger charge is -2.25. The molecule has 0 saturated heterocycles. The zero-order valence-electron chi connectivity index (χ0n) is 13.4. The minimum Gasteiger partial charge on any atom is -0.496 e. The number of alkyl halides is 1. The lowest BCUT2D eigenvalue weighted by molar-refractivity contribution is 0.411. The molecule has 2 rings (SSSR count). The highest BCUT2D eigenvalue weighted by molar-refractivity contribution is 9.09. The van der Waals surface area contributed by atoms with Crippen molar-refractivity contribution in [3.8, 4) is 5.75 Å². The third-order valence-corrected chi connectivity index (χ3v) is 4.78. The van der Waals surface area contributed by atoms with Gasteiger partial charge in [-0.05, 0) is 40.7 Å². The van der Waals surface area contributed by atoms with Crippen LogP contribution in [0.25, 0.3) is 0 Å². The number of hydrogen-bond acceptors (Lipinski definition) is 1. The first-order valence-corrected chi connectivity index (χ1v) is 8.14. The number of aryl methyl sites for hydroxylation is 1. The standard InChI is InChI=1S/C19H23BrO/c1-13-12-14(10-11-17(13)21-5)18(20)15-8-6-7-9-16(15)19(2,3)4/h6-12,18H,1-5H3. The van der Waals surface area contributed by atoms with Gasteiger partial charge in [0.05, 0.1) is 11.9 Å². The van der Waals surface area contributed by atoms with Crippen LogP contribution in [0, 0.1) is 6.92 Å². The minimum absolute atomic E-state index is 0.129. The average molecular weight is 347 g/mol. The van der Waals surface area contributed by atoms with E-state index in [1.165, 1.54) is 16.7 Å². The molecule has 0 heterocycles. The maximum Gasteiger partial charge on any atom is 0.121 e. The molecule has 2 aromatic carbocycles. The fraction of sp³-hybridized carbons (Fsp3) is 0.368. The topological polar surface area (TPSA) is 9.23 Å². The number of methoxy groups -OCH3 is 1. The van der Waals surface area contributed by atoms with Crippen LogP contribution in [0.2, 0.25) is 0 Å². The smallest absolute Gasteiger partial charge is 0.121 e. The summed E-state index contributed by atoms with van der Waals surface area (Å²) in [6.45, 7) is 8.85. The molecule has 0 fully saturated rings. The Morgan fingerprint density at radius 2 is 1.71 bits per heavy atom. The van der Waals surface area contributed by atoms with E-state index in [0.717, 1.165) is 11.3 Å². The van der Waals surface area contributed by atoms with Gasteiger partial charge in [-0.25, -0.2) is 0 Å². The van der Waals surface area contributed by atoms with Gasteiger partial charge in [0.25, 0.3) is 0 Å². The first-order chi connectivity index (χ1) is 9.84. The Labute approximate surface area is 136 Å². The van der Waals surface area contributed by atoms with Crippen molar-refractivity contribution in [3.05, 3.63) is 64.7 Å². The molecule has 0 saturated carbocycles. The van der Waals surface area contributed by atoms with Crippen LogP contribution in [0.15, 0.2) is 42.5 Å². The monoisotopic (exact) mass is 346 g/mol. The molecule has 21 heavy (non-hydrogen) atoms. The summed E-state index contributed by atoms with van der Waals surface area (Å²) < 4.78 is 5.35. The Kier molecular flexibility index (Phi) is 4.77. The molecule has 0 aliphatic carbocycles. The minimum atomic E-state index is 0.129. The second-order valence-electron chi connectivity index (χ2n) is 6.43. The van der Waals surface area contributed by atoms with Crippen LogP contribution in [-0.2, 0) is 5.41 Å². The lowest BCUT2D eigenvalue weighted by atomic mass is 9.82. The van der Waals surface area contributed by atoms with Crippen molar-refractivity contribution in [1.29, 1.82) is 0 Å². The summed E-state index contributed by atoms with van der Waals surface area (Å²) in [5.41, 5.74) is 5.25. The molecule has 0 aliphatic rings. The van der Waals surface area contributed by atoms with Gasteiger partial charge in [0.15, 0.2) is 0 Å². The van der Waals surface area contributed by atoms with Crippen molar-refractivity contribution >= 4 is 15.9 Å². The molecule has 1 unspecified atom stereocenters. The fourth-order valence-electron chi connectivity index (χ4n) is 2.64. The summed E-state index contributed by atoms with van der Waals surface area (Å²) in [6, 6.07) is 15.0. The summed E-state index contributed by atoms with van der Waals surface area (Å²) in [5.74, 6) is 0.933. The highest BCUT2D eigenvalue weighted by Gasteiger charge is 2.22. The van der Waals surface area contributed by atoms with Crippen LogP contribution in [0.3, 0.4) is 0 Å². The Balaban J connectivity index is 2.45. The van der Waals surface area contributed by atoms with E-state index in [-0.39, 0.29) is 10.2 Å². The van der Waals surface area contributed by atoms with Crippen LogP contribution >= 0.6 is 15.9 Å². The summed E-state index contributed by atoms with van der Waals surface area (Å²) in [5, 5.41) is 0. The maximum absolute atomic E-state index is 5.35. The maximum atomic E-state index is 5.35. The number of hydrogen-bond donors (Lipinski definition) is 0. The van der Waals surface area contributed by atoms with E-state index in [4.69, 9.17) is 4.74 Å². The zero-order chi connectivity index (χ0) is 15.6. The Hall–Kier alpha value is -1.28. The predicted octanol–water partition coefficient (Wildman–Crippen LogP) is 5.79. The van der Waals surface area contributed by atoms with Gasteiger partial charge in [-0.15, -0.1) is 0 Å². The Bertz CT molecular complexity index is 626. The van der Waals surface area contributed by atoms with Crippen molar-refractivity contribution in [2.75, 3.05) is 7.11 Å². The zero-order valence-corrected chi connectivity index (χ0v) is 15.0. The Morgan fingerprint density at radius 1 is 1.05 bits per heavy atom. The summed E-state index contributed by atoms with van der Waals surface area (Å²) in [4.78, 5) is 0.192. The number of ether oxygens (including phenoxy) is 1. The number of benzene rings is 2. The van der Waals surface area contributed by atoms with Crippen LogP contribution in [0.4, 0.5) is 0 Å². The fourth-order valence-corrected chi connectivity index (χ4v) is 3.32. The van der Waals surface area contributed by atoms with Gasteiger partial charge in [-0.3, -0.25) is 0 Å². The molecule has 0 aliphatic heterocycles. The van der Waals surface area contributed by atoms with Crippen molar-refractivity contribution in [2.24, 2.45) is 0 Å². The van der Waals surface area contributed by atoms with E-state index in [1.54, 1.807) is 7.11 Å². The molecule has 0 radical (unpaired) electrons. The third-order valence-electron chi connectivity index (χ3n) is 3.75.